The SMILES string of the molecule is Cln1pnp(Oc2ccccc2)n(Oc2cccc(-c3ccccc3)c2-c2ccccc2)p1Cl. The molecule has 0 fully saturated rings. The molecule has 2 atom stereocenters. The summed E-state index contributed by atoms with van der Waals surface area (Å²) in [6.07, 6.45) is 0. The average molecular weight is 544 g/mol. The van der Waals surface area contributed by atoms with Gasteiger partial charge in [0.25, 0.3) is 0 Å². The van der Waals surface area contributed by atoms with Gasteiger partial charge in [-0.2, -0.15) is 3.61 Å². The molecule has 5 rings (SSSR count). The van der Waals surface area contributed by atoms with Gasteiger partial charge < -0.3 is 9.36 Å². The van der Waals surface area contributed by atoms with E-state index in [0.29, 0.717) is 20.0 Å². The van der Waals surface area contributed by atoms with Gasteiger partial charge >= 0.3 is 8.08 Å². The van der Waals surface area contributed by atoms with Crippen LogP contribution in [-0.4, -0.2) is 12.4 Å². The Morgan fingerprint density at radius 3 is 2.03 bits per heavy atom. The van der Waals surface area contributed by atoms with E-state index in [2.05, 4.69) is 34.8 Å². The molecule has 0 radical (unpaired) electrons. The highest BCUT2D eigenvalue weighted by molar-refractivity contribution is 7.78. The number of nitrogens with zero attached hydrogens (tertiary/aromatic N) is 3. The zero-order valence-corrected chi connectivity index (χ0v) is 21.8. The predicted molar refractivity (Wildman–Crippen MR) is 144 cm³/mol. The summed E-state index contributed by atoms with van der Waals surface area (Å²) in [5, 5.41) is 0. The Morgan fingerprint density at radius 1 is 0.735 bits per heavy atom. The van der Waals surface area contributed by atoms with E-state index in [1.54, 1.807) is 4.26 Å². The first-order valence-electron chi connectivity index (χ1n) is 10.3. The van der Waals surface area contributed by atoms with E-state index in [0.717, 1.165) is 22.3 Å². The van der Waals surface area contributed by atoms with Crippen LogP contribution in [0.15, 0.2) is 109 Å². The Labute approximate surface area is 211 Å². The fourth-order valence-electron chi connectivity index (χ4n) is 3.41. The van der Waals surface area contributed by atoms with Crippen molar-refractivity contribution in [2.75, 3.05) is 0 Å². The van der Waals surface area contributed by atoms with Gasteiger partial charge in [-0.25, -0.2) is 0 Å². The Hall–Kier alpha value is -2.64. The molecule has 0 aliphatic rings. The maximum absolute atomic E-state index is 6.73. The van der Waals surface area contributed by atoms with Crippen molar-refractivity contribution in [3.05, 3.63) is 109 Å². The first kappa shape index (κ1) is 23.1. The largest absolute Gasteiger partial charge is 0.414 e. The normalized spacial score (nSPS) is 11.9. The summed E-state index contributed by atoms with van der Waals surface area (Å²) in [6.45, 7) is 0. The summed E-state index contributed by atoms with van der Waals surface area (Å²) in [5.41, 5.74) is 4.11. The highest BCUT2D eigenvalue weighted by atomic mass is 35.7. The second-order valence-corrected chi connectivity index (χ2v) is 13.0. The second-order valence-electron chi connectivity index (χ2n) is 7.07. The monoisotopic (exact) mass is 543 g/mol. The summed E-state index contributed by atoms with van der Waals surface area (Å²) < 4.78 is 13.7. The molecule has 170 valence electrons. The molecule has 0 amide bonds. The molecule has 0 bridgehead atoms. The van der Waals surface area contributed by atoms with Gasteiger partial charge in [-0.05, 0) is 46.1 Å². The minimum atomic E-state index is -1.55. The van der Waals surface area contributed by atoms with Crippen LogP contribution in [0.2, 0.25) is 0 Å². The summed E-state index contributed by atoms with van der Waals surface area (Å²) >= 11 is 13.1. The fourth-order valence-corrected chi connectivity index (χ4v) is 8.84. The quantitative estimate of drug-likeness (QED) is 0.214. The number of hydrogen-bond donors (Lipinski definition) is 0. The predicted octanol–water partition coefficient (Wildman–Crippen LogP) is 9.38. The van der Waals surface area contributed by atoms with E-state index in [1.807, 2.05) is 78.9 Å². The van der Waals surface area contributed by atoms with E-state index in [1.165, 1.54) is 3.61 Å². The molecule has 0 spiro atoms. The lowest BCUT2D eigenvalue weighted by molar-refractivity contribution is 0.268. The lowest BCUT2D eigenvalue weighted by Gasteiger charge is -2.19. The van der Waals surface area contributed by atoms with Crippen molar-refractivity contribution in [2.45, 2.75) is 0 Å². The topological polar surface area (TPSA) is 41.2 Å². The van der Waals surface area contributed by atoms with Gasteiger partial charge in [0, 0.05) is 17.3 Å². The van der Waals surface area contributed by atoms with Crippen molar-refractivity contribution in [3.8, 4) is 33.8 Å². The van der Waals surface area contributed by atoms with Crippen molar-refractivity contribution in [2.24, 2.45) is 0 Å². The second kappa shape index (κ2) is 10.7. The maximum Gasteiger partial charge on any atom is 0.303 e. The van der Waals surface area contributed by atoms with Crippen LogP contribution in [0, 0.1) is 0 Å². The Kier molecular flexibility index (Phi) is 7.30. The molecule has 5 nitrogen and oxygen atoms in total. The zero-order chi connectivity index (χ0) is 23.3. The number of para-hydroxylation sites is 1. The van der Waals surface area contributed by atoms with E-state index < -0.39 is 15.3 Å². The number of benzene rings is 4. The van der Waals surface area contributed by atoms with Crippen molar-refractivity contribution in [1.29, 1.82) is 0 Å². The first-order chi connectivity index (χ1) is 16.7. The molecular formula is C24H18Cl2N3O2P3. The van der Waals surface area contributed by atoms with Crippen molar-refractivity contribution in [3.63, 3.8) is 0 Å². The Bertz CT molecular complexity index is 1430. The van der Waals surface area contributed by atoms with E-state index in [9.17, 15) is 0 Å². The third-order valence-corrected chi connectivity index (χ3v) is 11.4. The summed E-state index contributed by atoms with van der Waals surface area (Å²) in [4.78, 5) is 6.48. The van der Waals surface area contributed by atoms with Crippen LogP contribution in [0.5, 0.6) is 11.5 Å². The van der Waals surface area contributed by atoms with Crippen molar-refractivity contribution < 1.29 is 9.36 Å². The molecule has 0 saturated carbocycles. The van der Waals surface area contributed by atoms with E-state index in [4.69, 9.17) is 32.4 Å². The van der Waals surface area contributed by atoms with Gasteiger partial charge in [-0.15, -0.1) is 4.51 Å². The third-order valence-electron chi connectivity index (χ3n) is 4.90. The zero-order valence-electron chi connectivity index (χ0n) is 17.6. The van der Waals surface area contributed by atoms with Gasteiger partial charge in [0.1, 0.15) is 5.75 Å². The van der Waals surface area contributed by atoms with Gasteiger partial charge in [-0.1, -0.05) is 95.3 Å². The van der Waals surface area contributed by atoms with E-state index in [-0.39, 0.29) is 0 Å². The highest BCUT2D eigenvalue weighted by Gasteiger charge is 2.19. The molecular weight excluding hydrogens is 526 g/mol. The maximum atomic E-state index is 6.73. The molecule has 10 heteroatoms. The molecule has 34 heavy (non-hydrogen) atoms. The summed E-state index contributed by atoms with van der Waals surface area (Å²) in [6, 6.07) is 35.9. The van der Waals surface area contributed by atoms with E-state index >= 15 is 0 Å². The van der Waals surface area contributed by atoms with Gasteiger partial charge in [0.2, 0.25) is 0 Å². The molecule has 4 aromatic carbocycles. The van der Waals surface area contributed by atoms with Gasteiger partial charge in [0.15, 0.2) is 21.5 Å². The summed E-state index contributed by atoms with van der Waals surface area (Å²) in [7, 11) is -2.57. The van der Waals surface area contributed by atoms with Crippen LogP contribution in [0.25, 0.3) is 22.3 Å². The van der Waals surface area contributed by atoms with Crippen molar-refractivity contribution >= 4 is 46.8 Å². The third kappa shape index (κ3) is 5.05. The molecule has 2 unspecified atom stereocenters. The number of rotatable bonds is 6. The smallest absolute Gasteiger partial charge is 0.303 e. The van der Waals surface area contributed by atoms with Crippen molar-refractivity contribution in [1.82, 2.24) is 12.4 Å². The lowest BCUT2D eigenvalue weighted by Crippen LogP contribution is -2.07. The van der Waals surface area contributed by atoms with Crippen LogP contribution >= 0.6 is 46.8 Å². The molecule has 0 saturated heterocycles. The fraction of sp³-hybridized carbons (Fsp3) is 0. The minimum absolute atomic E-state index is 0.527. The van der Waals surface area contributed by atoms with Crippen LogP contribution in [0.3, 0.4) is 0 Å². The molecule has 5 aromatic rings. The average Bonchev–Trinajstić information content (AvgIpc) is 2.90. The molecule has 0 aliphatic heterocycles. The Morgan fingerprint density at radius 2 is 1.35 bits per heavy atom. The molecule has 1 aromatic heterocycles. The Balaban J connectivity index is 1.66. The van der Waals surface area contributed by atoms with Crippen LogP contribution < -0.4 is 9.36 Å². The lowest BCUT2D eigenvalue weighted by atomic mass is 9.94. The minimum Gasteiger partial charge on any atom is -0.414 e. The number of halogens is 2. The van der Waals surface area contributed by atoms with Gasteiger partial charge in [0.05, 0.1) is 0 Å². The molecule has 0 N–H and O–H groups in total. The van der Waals surface area contributed by atoms with Crippen LogP contribution in [0.1, 0.15) is 0 Å². The molecule has 1 heterocycles. The summed E-state index contributed by atoms with van der Waals surface area (Å²) in [5.74, 6) is 1.33. The van der Waals surface area contributed by atoms with Gasteiger partial charge in [-0.3, -0.25) is 0 Å². The number of hydrogen-bond acceptors (Lipinski definition) is 3. The van der Waals surface area contributed by atoms with Crippen LogP contribution in [-0.2, 0) is 0 Å². The molecule has 0 aliphatic carbocycles. The highest BCUT2D eigenvalue weighted by Crippen LogP contribution is 2.46. The first-order valence-corrected chi connectivity index (χ1v) is 14.7. The van der Waals surface area contributed by atoms with Crippen LogP contribution in [0.4, 0.5) is 0 Å². The number of aromatic nitrogens is 3. The standard InChI is InChI=1S/C24H18Cl2N3O2P3/c25-28-32-27-34(31-21-15-8-3-9-16-21)29(33(28)26)30-23-18-10-17-22(19-11-4-1-5-12-19)24(23)20-13-6-2-7-14-20/h1-18H.